The lowest BCUT2D eigenvalue weighted by Gasteiger charge is -2.11. The normalized spacial score (nSPS) is 11.9. The molecule has 0 heterocycles. The fraction of sp³-hybridized carbons (Fsp3) is 0.462. The molecule has 1 aromatic rings. The van der Waals surface area contributed by atoms with Gasteiger partial charge in [0, 0.05) is 24.8 Å². The molecule has 0 aliphatic rings. The highest BCUT2D eigenvalue weighted by Gasteiger charge is 1.99. The summed E-state index contributed by atoms with van der Waals surface area (Å²) in [7, 11) is 0. The summed E-state index contributed by atoms with van der Waals surface area (Å²) < 4.78 is 0. The molecule has 0 fully saturated rings. The lowest BCUT2D eigenvalue weighted by Crippen LogP contribution is -2.10. The first-order valence-corrected chi connectivity index (χ1v) is 5.73. The van der Waals surface area contributed by atoms with Gasteiger partial charge in [0.15, 0.2) is 0 Å². The molecule has 0 saturated carbocycles. The van der Waals surface area contributed by atoms with Crippen molar-refractivity contribution < 1.29 is 4.79 Å². The molecule has 1 amide bonds. The molecule has 0 aliphatic heterocycles. The molecule has 1 rings (SSSR count). The van der Waals surface area contributed by atoms with Crippen LogP contribution in [0.2, 0.25) is 0 Å². The smallest absolute Gasteiger partial charge is 0.221 e. The van der Waals surface area contributed by atoms with Crippen molar-refractivity contribution in [2.24, 2.45) is 5.92 Å². The van der Waals surface area contributed by atoms with Gasteiger partial charge in [0.2, 0.25) is 5.91 Å². The van der Waals surface area contributed by atoms with Crippen LogP contribution in [0.1, 0.15) is 27.2 Å². The predicted octanol–water partition coefficient (Wildman–Crippen LogP) is 3.10. The zero-order valence-corrected chi connectivity index (χ0v) is 10.2. The summed E-state index contributed by atoms with van der Waals surface area (Å²) >= 11 is 0. The topological polar surface area (TPSA) is 41.1 Å². The maximum absolute atomic E-state index is 10.8. The fourth-order valence-corrected chi connectivity index (χ4v) is 1.31. The van der Waals surface area contributed by atoms with E-state index in [1.807, 2.05) is 24.3 Å². The van der Waals surface area contributed by atoms with Gasteiger partial charge < -0.3 is 10.6 Å². The van der Waals surface area contributed by atoms with Crippen LogP contribution in [0.25, 0.3) is 0 Å². The minimum Gasteiger partial charge on any atom is -0.385 e. The number of hydrogen-bond donors (Lipinski definition) is 2. The molecule has 1 atom stereocenters. The van der Waals surface area contributed by atoms with Crippen LogP contribution >= 0.6 is 0 Å². The highest BCUT2D eigenvalue weighted by Crippen LogP contribution is 2.14. The van der Waals surface area contributed by atoms with Crippen molar-refractivity contribution in [1.82, 2.24) is 0 Å². The van der Waals surface area contributed by atoms with Crippen molar-refractivity contribution in [2.45, 2.75) is 27.2 Å². The first kappa shape index (κ1) is 12.6. The first-order valence-electron chi connectivity index (χ1n) is 5.73. The van der Waals surface area contributed by atoms with Gasteiger partial charge in [-0.3, -0.25) is 4.79 Å². The molecule has 88 valence electrons. The fourth-order valence-electron chi connectivity index (χ4n) is 1.31. The Morgan fingerprint density at radius 2 is 1.81 bits per heavy atom. The maximum Gasteiger partial charge on any atom is 0.221 e. The number of anilines is 2. The van der Waals surface area contributed by atoms with E-state index in [-0.39, 0.29) is 5.91 Å². The zero-order chi connectivity index (χ0) is 12.0. The number of carbonyl (C=O) groups excluding carboxylic acids is 1. The van der Waals surface area contributed by atoms with Gasteiger partial charge >= 0.3 is 0 Å². The minimum absolute atomic E-state index is 0.0414. The quantitative estimate of drug-likeness (QED) is 0.800. The first-order chi connectivity index (χ1) is 7.61. The van der Waals surface area contributed by atoms with Crippen LogP contribution in [0.3, 0.4) is 0 Å². The van der Waals surface area contributed by atoms with E-state index in [9.17, 15) is 4.79 Å². The number of benzene rings is 1. The molecule has 3 heteroatoms. The molecular weight excluding hydrogens is 200 g/mol. The molecule has 1 unspecified atom stereocenters. The lowest BCUT2D eigenvalue weighted by atomic mass is 10.1. The lowest BCUT2D eigenvalue weighted by molar-refractivity contribution is -0.114. The summed E-state index contributed by atoms with van der Waals surface area (Å²) in [6, 6.07) is 7.77. The molecule has 2 N–H and O–H groups in total. The molecular formula is C13H20N2O. The summed E-state index contributed by atoms with van der Waals surface area (Å²) in [5.41, 5.74) is 1.93. The van der Waals surface area contributed by atoms with Crippen molar-refractivity contribution in [3.63, 3.8) is 0 Å². The van der Waals surface area contributed by atoms with E-state index in [2.05, 4.69) is 24.5 Å². The van der Waals surface area contributed by atoms with Crippen molar-refractivity contribution in [3.8, 4) is 0 Å². The molecule has 1 aromatic carbocycles. The predicted molar refractivity (Wildman–Crippen MR) is 68.7 cm³/mol. The van der Waals surface area contributed by atoms with Crippen LogP contribution < -0.4 is 10.6 Å². The Hall–Kier alpha value is -1.51. The summed E-state index contributed by atoms with van der Waals surface area (Å²) in [5, 5.41) is 6.10. The van der Waals surface area contributed by atoms with Gasteiger partial charge in [0.25, 0.3) is 0 Å². The van der Waals surface area contributed by atoms with E-state index in [0.717, 1.165) is 17.9 Å². The van der Waals surface area contributed by atoms with Crippen LogP contribution in [0.4, 0.5) is 11.4 Å². The van der Waals surface area contributed by atoms with Crippen LogP contribution in [0.15, 0.2) is 24.3 Å². The number of amides is 1. The Morgan fingerprint density at radius 3 is 2.31 bits per heavy atom. The van der Waals surface area contributed by atoms with Gasteiger partial charge in [-0.25, -0.2) is 0 Å². The Bertz CT molecular complexity index is 332. The van der Waals surface area contributed by atoms with Gasteiger partial charge in [-0.15, -0.1) is 0 Å². The van der Waals surface area contributed by atoms with Crippen LogP contribution in [-0.4, -0.2) is 12.5 Å². The van der Waals surface area contributed by atoms with Crippen molar-refractivity contribution in [3.05, 3.63) is 24.3 Å². The molecule has 0 aliphatic carbocycles. The van der Waals surface area contributed by atoms with Gasteiger partial charge in [-0.1, -0.05) is 20.3 Å². The Balaban J connectivity index is 2.48. The van der Waals surface area contributed by atoms with E-state index >= 15 is 0 Å². The van der Waals surface area contributed by atoms with E-state index in [0.29, 0.717) is 5.92 Å². The highest BCUT2D eigenvalue weighted by atomic mass is 16.1. The maximum atomic E-state index is 10.8. The summed E-state index contributed by atoms with van der Waals surface area (Å²) in [6.07, 6.45) is 1.18. The highest BCUT2D eigenvalue weighted by molar-refractivity contribution is 5.88. The second kappa shape index (κ2) is 6.16. The van der Waals surface area contributed by atoms with Gasteiger partial charge in [-0.2, -0.15) is 0 Å². The number of nitrogens with one attached hydrogen (secondary N) is 2. The number of carbonyl (C=O) groups is 1. The molecule has 0 bridgehead atoms. The molecule has 16 heavy (non-hydrogen) atoms. The molecule has 0 radical (unpaired) electrons. The van der Waals surface area contributed by atoms with E-state index in [1.54, 1.807) is 0 Å². The monoisotopic (exact) mass is 220 g/mol. The standard InChI is InChI=1S/C13H20N2O/c1-4-10(2)9-14-12-5-7-13(8-6-12)15-11(3)16/h5-8,10,14H,4,9H2,1-3H3,(H,15,16). The van der Waals surface area contributed by atoms with Crippen LogP contribution in [0, 0.1) is 5.92 Å². The second-order valence-corrected chi connectivity index (χ2v) is 4.15. The van der Waals surface area contributed by atoms with Crippen LogP contribution in [-0.2, 0) is 4.79 Å². The molecule has 3 nitrogen and oxygen atoms in total. The summed E-state index contributed by atoms with van der Waals surface area (Å²) in [5.74, 6) is 0.635. The number of hydrogen-bond acceptors (Lipinski definition) is 2. The minimum atomic E-state index is -0.0414. The Labute approximate surface area is 97.2 Å². The van der Waals surface area contributed by atoms with Crippen LogP contribution in [0.5, 0.6) is 0 Å². The SMILES string of the molecule is CCC(C)CNc1ccc(NC(C)=O)cc1. The Kier molecular flexibility index (Phi) is 4.83. The van der Waals surface area contributed by atoms with E-state index in [1.165, 1.54) is 13.3 Å². The second-order valence-electron chi connectivity index (χ2n) is 4.15. The summed E-state index contributed by atoms with van der Waals surface area (Å²) in [4.78, 5) is 10.8. The summed E-state index contributed by atoms with van der Waals surface area (Å²) in [6.45, 7) is 6.90. The molecule has 0 aromatic heterocycles. The average Bonchev–Trinajstić information content (AvgIpc) is 2.27. The Morgan fingerprint density at radius 1 is 1.25 bits per heavy atom. The third kappa shape index (κ3) is 4.34. The van der Waals surface area contributed by atoms with Gasteiger partial charge in [0.05, 0.1) is 0 Å². The largest absolute Gasteiger partial charge is 0.385 e. The number of rotatable bonds is 5. The third-order valence-electron chi connectivity index (χ3n) is 2.56. The van der Waals surface area contributed by atoms with Gasteiger partial charge in [0.1, 0.15) is 0 Å². The zero-order valence-electron chi connectivity index (χ0n) is 10.2. The van der Waals surface area contributed by atoms with E-state index in [4.69, 9.17) is 0 Å². The van der Waals surface area contributed by atoms with E-state index < -0.39 is 0 Å². The average molecular weight is 220 g/mol. The molecule has 0 saturated heterocycles. The van der Waals surface area contributed by atoms with Crippen molar-refractivity contribution in [2.75, 3.05) is 17.2 Å². The third-order valence-corrected chi connectivity index (χ3v) is 2.56. The molecule has 0 spiro atoms. The van der Waals surface area contributed by atoms with Crippen molar-refractivity contribution in [1.29, 1.82) is 0 Å². The van der Waals surface area contributed by atoms with Gasteiger partial charge in [-0.05, 0) is 30.2 Å². The van der Waals surface area contributed by atoms with Crippen molar-refractivity contribution >= 4 is 17.3 Å².